The second kappa shape index (κ2) is 5.89. The zero-order valence-electron chi connectivity index (χ0n) is 12.5. The Balaban J connectivity index is 1.69. The first-order valence-electron chi connectivity index (χ1n) is 7.11. The van der Waals surface area contributed by atoms with Gasteiger partial charge in [-0.1, -0.05) is 18.2 Å². The van der Waals surface area contributed by atoms with Crippen LogP contribution in [0.15, 0.2) is 52.9 Å². The van der Waals surface area contributed by atoms with Crippen molar-refractivity contribution in [2.24, 2.45) is 0 Å². The monoisotopic (exact) mass is 295 g/mol. The van der Waals surface area contributed by atoms with Crippen molar-refractivity contribution in [1.82, 2.24) is 4.98 Å². The smallest absolute Gasteiger partial charge is 0.246 e. The fourth-order valence-electron chi connectivity index (χ4n) is 2.22. The predicted molar refractivity (Wildman–Crippen MR) is 86.9 cm³/mol. The SMILES string of the molecule is Cc1nc2cc(N[C@@H](C)C(=O)Nc3ccccc3)ccc2o1. The highest BCUT2D eigenvalue weighted by atomic mass is 16.3. The number of amides is 1. The Morgan fingerprint density at radius 2 is 1.91 bits per heavy atom. The number of carbonyl (C=O) groups is 1. The highest BCUT2D eigenvalue weighted by molar-refractivity contribution is 5.96. The van der Waals surface area contributed by atoms with Gasteiger partial charge < -0.3 is 15.1 Å². The third-order valence-electron chi connectivity index (χ3n) is 3.31. The van der Waals surface area contributed by atoms with Crippen LogP contribution < -0.4 is 10.6 Å². The average Bonchev–Trinajstić information content (AvgIpc) is 2.87. The number of nitrogens with one attached hydrogen (secondary N) is 2. The van der Waals surface area contributed by atoms with Gasteiger partial charge in [0.15, 0.2) is 11.5 Å². The van der Waals surface area contributed by atoms with Crippen molar-refractivity contribution in [2.45, 2.75) is 19.9 Å². The summed E-state index contributed by atoms with van der Waals surface area (Å²) in [6.07, 6.45) is 0. The van der Waals surface area contributed by atoms with Gasteiger partial charge in [-0.2, -0.15) is 0 Å². The summed E-state index contributed by atoms with van der Waals surface area (Å²) >= 11 is 0. The van der Waals surface area contributed by atoms with E-state index in [0.29, 0.717) is 5.89 Å². The molecule has 0 bridgehead atoms. The van der Waals surface area contributed by atoms with Gasteiger partial charge in [0.1, 0.15) is 11.6 Å². The minimum atomic E-state index is -0.370. The van der Waals surface area contributed by atoms with Gasteiger partial charge in [-0.3, -0.25) is 4.79 Å². The lowest BCUT2D eigenvalue weighted by Gasteiger charge is -2.15. The summed E-state index contributed by atoms with van der Waals surface area (Å²) in [5.74, 6) is 0.532. The van der Waals surface area contributed by atoms with Gasteiger partial charge in [0.2, 0.25) is 5.91 Å². The Hall–Kier alpha value is -2.82. The molecule has 0 radical (unpaired) electrons. The largest absolute Gasteiger partial charge is 0.441 e. The van der Waals surface area contributed by atoms with Crippen molar-refractivity contribution >= 4 is 28.4 Å². The van der Waals surface area contributed by atoms with Crippen molar-refractivity contribution < 1.29 is 9.21 Å². The quantitative estimate of drug-likeness (QED) is 0.772. The van der Waals surface area contributed by atoms with E-state index in [1.807, 2.05) is 62.4 Å². The molecule has 1 amide bonds. The standard InChI is InChI=1S/C17H17N3O2/c1-11(17(21)20-13-6-4-3-5-7-13)18-14-8-9-16-15(10-14)19-12(2)22-16/h3-11,18H,1-2H3,(H,20,21)/t11-/m0/s1. The number of nitrogens with zero attached hydrogens (tertiary/aromatic N) is 1. The van der Waals surface area contributed by atoms with E-state index in [0.717, 1.165) is 22.5 Å². The molecule has 0 unspecified atom stereocenters. The van der Waals surface area contributed by atoms with Crippen molar-refractivity contribution in [3.63, 3.8) is 0 Å². The first kappa shape index (κ1) is 14.1. The second-order valence-corrected chi connectivity index (χ2v) is 5.14. The molecule has 0 saturated heterocycles. The van der Waals surface area contributed by atoms with Crippen LogP contribution in [0.3, 0.4) is 0 Å². The Labute approximate surface area is 128 Å². The zero-order valence-corrected chi connectivity index (χ0v) is 12.5. The predicted octanol–water partition coefficient (Wildman–Crippen LogP) is 3.58. The molecule has 0 spiro atoms. The van der Waals surface area contributed by atoms with Crippen LogP contribution in [0.1, 0.15) is 12.8 Å². The first-order valence-corrected chi connectivity index (χ1v) is 7.11. The van der Waals surface area contributed by atoms with E-state index in [1.165, 1.54) is 0 Å². The lowest BCUT2D eigenvalue weighted by Crippen LogP contribution is -2.31. The maximum absolute atomic E-state index is 12.2. The molecule has 0 fully saturated rings. The van der Waals surface area contributed by atoms with E-state index in [-0.39, 0.29) is 11.9 Å². The van der Waals surface area contributed by atoms with Crippen molar-refractivity contribution in [3.05, 3.63) is 54.4 Å². The van der Waals surface area contributed by atoms with Gasteiger partial charge in [0.25, 0.3) is 0 Å². The van der Waals surface area contributed by atoms with Gasteiger partial charge in [0, 0.05) is 18.3 Å². The number of para-hydroxylation sites is 1. The minimum absolute atomic E-state index is 0.0948. The molecule has 3 aromatic rings. The van der Waals surface area contributed by atoms with E-state index in [2.05, 4.69) is 15.6 Å². The highest BCUT2D eigenvalue weighted by Gasteiger charge is 2.13. The summed E-state index contributed by atoms with van der Waals surface area (Å²) in [5.41, 5.74) is 3.13. The zero-order chi connectivity index (χ0) is 15.5. The minimum Gasteiger partial charge on any atom is -0.441 e. The summed E-state index contributed by atoms with van der Waals surface area (Å²) in [6, 6.07) is 14.6. The molecule has 1 aromatic heterocycles. The molecule has 22 heavy (non-hydrogen) atoms. The molecular weight excluding hydrogens is 278 g/mol. The summed E-state index contributed by atoms with van der Waals surface area (Å²) < 4.78 is 5.44. The van der Waals surface area contributed by atoms with E-state index >= 15 is 0 Å². The molecule has 1 atom stereocenters. The number of fused-ring (bicyclic) bond motifs is 1. The van der Waals surface area contributed by atoms with Gasteiger partial charge >= 0.3 is 0 Å². The molecule has 5 heteroatoms. The fourth-order valence-corrected chi connectivity index (χ4v) is 2.22. The normalized spacial score (nSPS) is 12.1. The number of hydrogen-bond acceptors (Lipinski definition) is 4. The Morgan fingerprint density at radius 1 is 1.14 bits per heavy atom. The van der Waals surface area contributed by atoms with Crippen molar-refractivity contribution in [1.29, 1.82) is 0 Å². The number of hydrogen-bond donors (Lipinski definition) is 2. The van der Waals surface area contributed by atoms with Crippen LogP contribution in [0.5, 0.6) is 0 Å². The van der Waals surface area contributed by atoms with E-state index < -0.39 is 0 Å². The first-order chi connectivity index (χ1) is 10.6. The molecular formula is C17H17N3O2. The summed E-state index contributed by atoms with van der Waals surface area (Å²) in [6.45, 7) is 3.62. The molecule has 3 rings (SSSR count). The average molecular weight is 295 g/mol. The van der Waals surface area contributed by atoms with Crippen LogP contribution in [0, 0.1) is 6.92 Å². The maximum atomic E-state index is 12.2. The molecule has 2 N–H and O–H groups in total. The number of anilines is 2. The number of rotatable bonds is 4. The van der Waals surface area contributed by atoms with E-state index in [9.17, 15) is 4.79 Å². The number of aryl methyl sites for hydroxylation is 1. The summed E-state index contributed by atoms with van der Waals surface area (Å²) in [4.78, 5) is 16.5. The molecule has 2 aromatic carbocycles. The molecule has 0 aliphatic heterocycles. The molecule has 0 saturated carbocycles. The lowest BCUT2D eigenvalue weighted by molar-refractivity contribution is -0.116. The second-order valence-electron chi connectivity index (χ2n) is 5.14. The van der Waals surface area contributed by atoms with Crippen LogP contribution >= 0.6 is 0 Å². The van der Waals surface area contributed by atoms with Crippen LogP contribution in [0.2, 0.25) is 0 Å². The van der Waals surface area contributed by atoms with Gasteiger partial charge in [0.05, 0.1) is 0 Å². The Kier molecular flexibility index (Phi) is 3.78. The molecule has 0 aliphatic carbocycles. The lowest BCUT2D eigenvalue weighted by atomic mass is 10.2. The number of benzene rings is 2. The van der Waals surface area contributed by atoms with Gasteiger partial charge in [-0.25, -0.2) is 4.98 Å². The Morgan fingerprint density at radius 3 is 2.68 bits per heavy atom. The Bertz CT molecular complexity index is 796. The van der Waals surface area contributed by atoms with Crippen molar-refractivity contribution in [3.8, 4) is 0 Å². The third kappa shape index (κ3) is 3.09. The number of aromatic nitrogens is 1. The fraction of sp³-hybridized carbons (Fsp3) is 0.176. The molecule has 0 aliphatic rings. The summed E-state index contributed by atoms with van der Waals surface area (Å²) in [7, 11) is 0. The summed E-state index contributed by atoms with van der Waals surface area (Å²) in [5, 5.41) is 6.04. The highest BCUT2D eigenvalue weighted by Crippen LogP contribution is 2.20. The van der Waals surface area contributed by atoms with Crippen LogP contribution in [0.25, 0.3) is 11.1 Å². The van der Waals surface area contributed by atoms with Gasteiger partial charge in [-0.05, 0) is 37.3 Å². The number of carbonyl (C=O) groups excluding carboxylic acids is 1. The van der Waals surface area contributed by atoms with Gasteiger partial charge in [-0.15, -0.1) is 0 Å². The molecule has 5 nitrogen and oxygen atoms in total. The van der Waals surface area contributed by atoms with Crippen LogP contribution in [0.4, 0.5) is 11.4 Å². The van der Waals surface area contributed by atoms with Crippen molar-refractivity contribution in [2.75, 3.05) is 10.6 Å². The molecule has 1 heterocycles. The van der Waals surface area contributed by atoms with Crippen LogP contribution in [-0.2, 0) is 4.79 Å². The topological polar surface area (TPSA) is 67.2 Å². The number of oxazole rings is 1. The van der Waals surface area contributed by atoms with E-state index in [1.54, 1.807) is 0 Å². The van der Waals surface area contributed by atoms with E-state index in [4.69, 9.17) is 4.42 Å². The maximum Gasteiger partial charge on any atom is 0.246 e. The van der Waals surface area contributed by atoms with Crippen LogP contribution in [-0.4, -0.2) is 16.9 Å². The molecule has 112 valence electrons. The third-order valence-corrected chi connectivity index (χ3v) is 3.31.